The summed E-state index contributed by atoms with van der Waals surface area (Å²) >= 11 is 0. The molecule has 0 radical (unpaired) electrons. The molecule has 5 nitrogen and oxygen atoms in total. The molecular weight excluding hydrogens is 270 g/mol. The van der Waals surface area contributed by atoms with Crippen molar-refractivity contribution in [3.8, 4) is 5.75 Å². The number of aryl methyl sites for hydroxylation is 2. The number of hydrogen-bond donors (Lipinski definition) is 1. The molecule has 1 aromatic carbocycles. The van der Waals surface area contributed by atoms with Gasteiger partial charge in [-0.05, 0) is 38.3 Å². The second kappa shape index (κ2) is 6.61. The second-order valence-electron chi connectivity index (χ2n) is 5.57. The topological polar surface area (TPSA) is 66.8 Å². The number of carboxylic acids is 1. The van der Waals surface area contributed by atoms with Gasteiger partial charge >= 0.3 is 5.97 Å². The van der Waals surface area contributed by atoms with Crippen LogP contribution in [0.3, 0.4) is 0 Å². The van der Waals surface area contributed by atoms with E-state index in [-0.39, 0.29) is 19.1 Å². The second-order valence-corrected chi connectivity index (χ2v) is 5.57. The summed E-state index contributed by atoms with van der Waals surface area (Å²) < 4.78 is 5.56. The number of ether oxygens (including phenoxy) is 1. The fraction of sp³-hybridized carbons (Fsp3) is 0.500. The van der Waals surface area contributed by atoms with Crippen molar-refractivity contribution in [3.63, 3.8) is 0 Å². The molecule has 0 saturated carbocycles. The van der Waals surface area contributed by atoms with E-state index in [2.05, 4.69) is 0 Å². The smallest absolute Gasteiger partial charge is 0.308 e. The van der Waals surface area contributed by atoms with E-state index >= 15 is 0 Å². The first-order valence-corrected chi connectivity index (χ1v) is 7.18. The predicted molar refractivity (Wildman–Crippen MR) is 78.4 cm³/mol. The zero-order chi connectivity index (χ0) is 15.4. The maximum Gasteiger partial charge on any atom is 0.308 e. The van der Waals surface area contributed by atoms with Crippen LogP contribution in [0.5, 0.6) is 5.75 Å². The highest BCUT2D eigenvalue weighted by Crippen LogP contribution is 2.20. The third kappa shape index (κ3) is 3.97. The van der Waals surface area contributed by atoms with E-state index in [9.17, 15) is 9.59 Å². The molecule has 1 aliphatic heterocycles. The Labute approximate surface area is 124 Å². The molecule has 1 N–H and O–H groups in total. The molecule has 1 aliphatic rings. The first-order valence-electron chi connectivity index (χ1n) is 7.18. The monoisotopic (exact) mass is 291 g/mol. The summed E-state index contributed by atoms with van der Waals surface area (Å²) in [6.45, 7) is 4.79. The minimum absolute atomic E-state index is 0.0454. The fourth-order valence-corrected chi connectivity index (χ4v) is 2.60. The molecule has 5 heteroatoms. The lowest BCUT2D eigenvalue weighted by Gasteiger charge is -2.30. The van der Waals surface area contributed by atoms with Crippen LogP contribution in [0, 0.1) is 19.8 Å². The van der Waals surface area contributed by atoms with E-state index in [4.69, 9.17) is 9.84 Å². The molecule has 2 rings (SSSR count). The highest BCUT2D eigenvalue weighted by Gasteiger charge is 2.28. The number of likely N-dealkylation sites (tertiary alicyclic amines) is 1. The van der Waals surface area contributed by atoms with E-state index in [0.29, 0.717) is 18.7 Å². The van der Waals surface area contributed by atoms with Gasteiger partial charge < -0.3 is 14.7 Å². The molecular formula is C16H21NO4. The number of piperidine rings is 1. The van der Waals surface area contributed by atoms with Crippen molar-refractivity contribution in [2.24, 2.45) is 5.92 Å². The summed E-state index contributed by atoms with van der Waals surface area (Å²) in [5.41, 5.74) is 2.14. The van der Waals surface area contributed by atoms with Gasteiger partial charge in [0, 0.05) is 13.1 Å². The van der Waals surface area contributed by atoms with Gasteiger partial charge in [0.1, 0.15) is 5.75 Å². The van der Waals surface area contributed by atoms with Gasteiger partial charge in [-0.15, -0.1) is 0 Å². The average molecular weight is 291 g/mol. The summed E-state index contributed by atoms with van der Waals surface area (Å²) in [4.78, 5) is 24.7. The van der Waals surface area contributed by atoms with Gasteiger partial charge in [0.15, 0.2) is 6.61 Å². The Morgan fingerprint density at radius 2 is 2.14 bits per heavy atom. The van der Waals surface area contributed by atoms with Crippen molar-refractivity contribution in [1.29, 1.82) is 0 Å². The van der Waals surface area contributed by atoms with Gasteiger partial charge in [-0.25, -0.2) is 0 Å². The molecule has 1 atom stereocenters. The Bertz CT molecular complexity index is 541. The molecule has 0 bridgehead atoms. The summed E-state index contributed by atoms with van der Waals surface area (Å²) in [6.07, 6.45) is 1.36. The molecule has 114 valence electrons. The Morgan fingerprint density at radius 3 is 2.81 bits per heavy atom. The van der Waals surface area contributed by atoms with Crippen molar-refractivity contribution in [2.75, 3.05) is 19.7 Å². The number of amides is 1. The summed E-state index contributed by atoms with van der Waals surface area (Å²) in [6, 6.07) is 5.80. The van der Waals surface area contributed by atoms with Crippen LogP contribution in [-0.2, 0) is 9.59 Å². The predicted octanol–water partition coefficient (Wildman–Crippen LogP) is 2.01. The van der Waals surface area contributed by atoms with Gasteiger partial charge in [-0.3, -0.25) is 9.59 Å². The van der Waals surface area contributed by atoms with Crippen molar-refractivity contribution >= 4 is 11.9 Å². The van der Waals surface area contributed by atoms with Crippen LogP contribution in [0.25, 0.3) is 0 Å². The zero-order valence-corrected chi connectivity index (χ0v) is 12.5. The van der Waals surface area contributed by atoms with E-state index in [1.165, 1.54) is 0 Å². The molecule has 0 aromatic heterocycles. The maximum atomic E-state index is 12.1. The zero-order valence-electron chi connectivity index (χ0n) is 12.5. The van der Waals surface area contributed by atoms with Gasteiger partial charge in [0.2, 0.25) is 0 Å². The van der Waals surface area contributed by atoms with E-state index in [1.54, 1.807) is 4.90 Å². The highest BCUT2D eigenvalue weighted by atomic mass is 16.5. The molecule has 1 aromatic rings. The standard InChI is InChI=1S/C16H21NO4/c1-11-5-6-14(12(2)8-11)21-10-15(18)17-7-3-4-13(9-17)16(19)20/h5-6,8,13H,3-4,7,9-10H2,1-2H3,(H,19,20)/t13-/m1/s1. The van der Waals surface area contributed by atoms with Crippen LogP contribution in [0.1, 0.15) is 24.0 Å². The number of benzene rings is 1. The molecule has 1 heterocycles. The van der Waals surface area contributed by atoms with E-state index < -0.39 is 11.9 Å². The SMILES string of the molecule is Cc1ccc(OCC(=O)N2CCC[C@@H](C(=O)O)C2)c(C)c1. The lowest BCUT2D eigenvalue weighted by Crippen LogP contribution is -2.44. The summed E-state index contributed by atoms with van der Waals surface area (Å²) in [5, 5.41) is 9.04. The Hall–Kier alpha value is -2.04. The van der Waals surface area contributed by atoms with Crippen LogP contribution in [0.4, 0.5) is 0 Å². The lowest BCUT2D eigenvalue weighted by molar-refractivity contribution is -0.146. The van der Waals surface area contributed by atoms with Gasteiger partial charge in [-0.2, -0.15) is 0 Å². The Balaban J connectivity index is 1.90. The van der Waals surface area contributed by atoms with Gasteiger partial charge in [0.25, 0.3) is 5.91 Å². The number of rotatable bonds is 4. The van der Waals surface area contributed by atoms with Crippen LogP contribution in [0.15, 0.2) is 18.2 Å². The van der Waals surface area contributed by atoms with Crippen LogP contribution < -0.4 is 4.74 Å². The van der Waals surface area contributed by atoms with Gasteiger partial charge in [0.05, 0.1) is 5.92 Å². The minimum Gasteiger partial charge on any atom is -0.484 e. The van der Waals surface area contributed by atoms with E-state index in [1.807, 2.05) is 32.0 Å². The van der Waals surface area contributed by atoms with Crippen LogP contribution in [-0.4, -0.2) is 41.6 Å². The first kappa shape index (κ1) is 15.4. The van der Waals surface area contributed by atoms with Crippen molar-refractivity contribution in [2.45, 2.75) is 26.7 Å². The molecule has 21 heavy (non-hydrogen) atoms. The third-order valence-electron chi connectivity index (χ3n) is 3.80. The number of aliphatic carboxylic acids is 1. The quantitative estimate of drug-likeness (QED) is 0.921. The highest BCUT2D eigenvalue weighted by molar-refractivity contribution is 5.79. The maximum absolute atomic E-state index is 12.1. The fourth-order valence-electron chi connectivity index (χ4n) is 2.60. The number of carbonyl (C=O) groups is 2. The molecule has 0 spiro atoms. The van der Waals surface area contributed by atoms with Gasteiger partial charge in [-0.1, -0.05) is 17.7 Å². The number of carboxylic acid groups (broad SMARTS) is 1. The molecule has 0 unspecified atom stereocenters. The largest absolute Gasteiger partial charge is 0.484 e. The third-order valence-corrected chi connectivity index (χ3v) is 3.80. The average Bonchev–Trinajstić information content (AvgIpc) is 2.46. The Kier molecular flexibility index (Phi) is 4.83. The molecule has 0 aliphatic carbocycles. The number of hydrogen-bond acceptors (Lipinski definition) is 3. The van der Waals surface area contributed by atoms with Crippen molar-refractivity contribution in [3.05, 3.63) is 29.3 Å². The molecule has 1 fully saturated rings. The summed E-state index contributed by atoms with van der Waals surface area (Å²) in [5.74, 6) is -0.742. The normalized spacial score (nSPS) is 18.4. The van der Waals surface area contributed by atoms with Crippen molar-refractivity contribution in [1.82, 2.24) is 4.90 Å². The summed E-state index contributed by atoms with van der Waals surface area (Å²) in [7, 11) is 0. The number of carbonyl (C=O) groups excluding carboxylic acids is 1. The van der Waals surface area contributed by atoms with Crippen molar-refractivity contribution < 1.29 is 19.4 Å². The minimum atomic E-state index is -0.831. The first-order chi connectivity index (χ1) is 9.97. The van der Waals surface area contributed by atoms with Crippen LogP contribution in [0.2, 0.25) is 0 Å². The number of nitrogens with zero attached hydrogens (tertiary/aromatic N) is 1. The lowest BCUT2D eigenvalue weighted by atomic mass is 9.98. The van der Waals surface area contributed by atoms with Crippen LogP contribution >= 0.6 is 0 Å². The Morgan fingerprint density at radius 1 is 1.38 bits per heavy atom. The van der Waals surface area contributed by atoms with E-state index in [0.717, 1.165) is 17.5 Å². The molecule has 1 amide bonds. The molecule has 1 saturated heterocycles.